The number of aromatic nitrogens is 1. The summed E-state index contributed by atoms with van der Waals surface area (Å²) in [6, 6.07) is 5.88. The maximum atomic E-state index is 11.6. The van der Waals surface area contributed by atoms with Crippen molar-refractivity contribution >= 4 is 16.6 Å². The molecular weight excluding hydrogens is 196 g/mol. The first-order chi connectivity index (χ1) is 7.09. The van der Waals surface area contributed by atoms with Crippen molar-refractivity contribution in [1.29, 1.82) is 0 Å². The molecule has 2 aromatic rings. The number of pyridine rings is 1. The molecular formula is C10H8N2O3. The molecule has 76 valence electrons. The lowest BCUT2D eigenvalue weighted by Crippen LogP contribution is -2.05. The highest BCUT2D eigenvalue weighted by atomic mass is 16.6. The van der Waals surface area contributed by atoms with Crippen LogP contribution in [0.1, 0.15) is 5.69 Å². The van der Waals surface area contributed by atoms with Gasteiger partial charge in [-0.15, -0.1) is 0 Å². The first-order valence-corrected chi connectivity index (χ1v) is 4.36. The van der Waals surface area contributed by atoms with Gasteiger partial charge in [-0.05, 0) is 13.0 Å². The van der Waals surface area contributed by atoms with E-state index in [9.17, 15) is 14.9 Å². The van der Waals surface area contributed by atoms with Gasteiger partial charge in [0, 0.05) is 17.8 Å². The Labute approximate surface area is 84.5 Å². The Morgan fingerprint density at radius 1 is 1.40 bits per heavy atom. The Hall–Kier alpha value is -2.17. The molecule has 0 aliphatic carbocycles. The maximum absolute atomic E-state index is 11.6. The molecule has 0 aliphatic heterocycles. The lowest BCUT2D eigenvalue weighted by Gasteiger charge is -2.00. The topological polar surface area (TPSA) is 76.0 Å². The number of aromatic amines is 1. The molecule has 0 unspecified atom stereocenters. The lowest BCUT2D eigenvalue weighted by molar-refractivity contribution is -0.383. The lowest BCUT2D eigenvalue weighted by atomic mass is 10.1. The van der Waals surface area contributed by atoms with Gasteiger partial charge in [0.15, 0.2) is 5.43 Å². The number of hydrogen-bond donors (Lipinski definition) is 1. The molecule has 1 aromatic heterocycles. The summed E-state index contributed by atoms with van der Waals surface area (Å²) < 4.78 is 0. The molecule has 0 aliphatic rings. The molecule has 0 amide bonds. The number of fused-ring (bicyclic) bond motifs is 1. The molecule has 0 fully saturated rings. The second kappa shape index (κ2) is 3.20. The molecule has 0 spiro atoms. The summed E-state index contributed by atoms with van der Waals surface area (Å²) in [4.78, 5) is 24.7. The second-order valence-corrected chi connectivity index (χ2v) is 3.27. The van der Waals surface area contributed by atoms with Crippen LogP contribution in [0.2, 0.25) is 0 Å². The standard InChI is InChI=1S/C10H8N2O3/c1-6-5-9(13)10-7(11-6)3-2-4-8(10)12(14)15/h2-5H,1H3,(H,11,13). The Kier molecular flexibility index (Phi) is 2.00. The summed E-state index contributed by atoms with van der Waals surface area (Å²) in [7, 11) is 0. The second-order valence-electron chi connectivity index (χ2n) is 3.27. The average molecular weight is 204 g/mol. The predicted octanol–water partition coefficient (Wildman–Crippen LogP) is 1.74. The quantitative estimate of drug-likeness (QED) is 0.567. The Bertz CT molecular complexity index is 601. The van der Waals surface area contributed by atoms with Crippen LogP contribution in [0, 0.1) is 17.0 Å². The average Bonchev–Trinajstić information content (AvgIpc) is 2.16. The van der Waals surface area contributed by atoms with Crippen molar-refractivity contribution in [2.45, 2.75) is 6.92 Å². The summed E-state index contributed by atoms with van der Waals surface area (Å²) in [5, 5.41) is 10.8. The van der Waals surface area contributed by atoms with E-state index < -0.39 is 4.92 Å². The largest absolute Gasteiger partial charge is 0.358 e. The summed E-state index contributed by atoms with van der Waals surface area (Å²) >= 11 is 0. The van der Waals surface area contributed by atoms with E-state index >= 15 is 0 Å². The van der Waals surface area contributed by atoms with E-state index in [2.05, 4.69) is 4.98 Å². The molecule has 0 radical (unpaired) electrons. The number of rotatable bonds is 1. The number of nitro groups is 1. The third kappa shape index (κ3) is 1.48. The highest BCUT2D eigenvalue weighted by molar-refractivity contribution is 5.87. The van der Waals surface area contributed by atoms with E-state index in [-0.39, 0.29) is 16.5 Å². The Balaban J connectivity index is 2.98. The molecule has 0 saturated heterocycles. The van der Waals surface area contributed by atoms with E-state index in [0.29, 0.717) is 11.2 Å². The van der Waals surface area contributed by atoms with Crippen LogP contribution in [0.15, 0.2) is 29.1 Å². The minimum absolute atomic E-state index is 0.133. The van der Waals surface area contributed by atoms with Crippen LogP contribution in [0.4, 0.5) is 5.69 Å². The van der Waals surface area contributed by atoms with Gasteiger partial charge in [0.05, 0.1) is 10.4 Å². The fraction of sp³-hybridized carbons (Fsp3) is 0.100. The normalized spacial score (nSPS) is 10.5. The van der Waals surface area contributed by atoms with Crippen LogP contribution in [-0.2, 0) is 0 Å². The summed E-state index contributed by atoms with van der Waals surface area (Å²) in [5.74, 6) is 0. The van der Waals surface area contributed by atoms with Crippen molar-refractivity contribution in [3.8, 4) is 0 Å². The SMILES string of the molecule is Cc1cc(=O)c2c([N+](=O)[O-])cccc2[nH]1. The van der Waals surface area contributed by atoms with Crippen molar-refractivity contribution in [3.63, 3.8) is 0 Å². The number of non-ortho nitro benzene ring substituents is 1. The van der Waals surface area contributed by atoms with Crippen molar-refractivity contribution in [2.24, 2.45) is 0 Å². The zero-order valence-corrected chi connectivity index (χ0v) is 7.98. The minimum atomic E-state index is -0.549. The monoisotopic (exact) mass is 204 g/mol. The van der Waals surface area contributed by atoms with E-state index in [1.165, 1.54) is 12.1 Å². The van der Waals surface area contributed by atoms with Crippen LogP contribution >= 0.6 is 0 Å². The van der Waals surface area contributed by atoms with Crippen LogP contribution in [0.25, 0.3) is 10.9 Å². The van der Waals surface area contributed by atoms with Gasteiger partial charge >= 0.3 is 0 Å². The molecule has 2 rings (SSSR count). The number of H-pyrrole nitrogens is 1. The highest BCUT2D eigenvalue weighted by Gasteiger charge is 2.14. The van der Waals surface area contributed by atoms with Crippen molar-refractivity contribution < 1.29 is 4.92 Å². The Morgan fingerprint density at radius 3 is 2.80 bits per heavy atom. The van der Waals surface area contributed by atoms with Gasteiger partial charge < -0.3 is 4.98 Å². The number of nitrogens with one attached hydrogen (secondary N) is 1. The van der Waals surface area contributed by atoms with Gasteiger partial charge in [-0.2, -0.15) is 0 Å². The molecule has 1 heterocycles. The number of benzene rings is 1. The zero-order valence-electron chi connectivity index (χ0n) is 7.98. The van der Waals surface area contributed by atoms with Crippen LogP contribution < -0.4 is 5.43 Å². The predicted molar refractivity (Wildman–Crippen MR) is 56.0 cm³/mol. The van der Waals surface area contributed by atoms with Crippen molar-refractivity contribution in [2.75, 3.05) is 0 Å². The van der Waals surface area contributed by atoms with Gasteiger partial charge in [0.1, 0.15) is 5.39 Å². The summed E-state index contributed by atoms with van der Waals surface area (Å²) in [6.45, 7) is 1.74. The number of aryl methyl sites for hydroxylation is 1. The van der Waals surface area contributed by atoms with Gasteiger partial charge in [-0.25, -0.2) is 0 Å². The number of nitro benzene ring substituents is 1. The molecule has 1 aromatic carbocycles. The molecule has 5 nitrogen and oxygen atoms in total. The highest BCUT2D eigenvalue weighted by Crippen LogP contribution is 2.20. The zero-order chi connectivity index (χ0) is 11.0. The van der Waals surface area contributed by atoms with Crippen LogP contribution in [-0.4, -0.2) is 9.91 Å². The summed E-state index contributed by atoms with van der Waals surface area (Å²) in [5.41, 5.74) is 0.699. The van der Waals surface area contributed by atoms with Gasteiger partial charge in [0.25, 0.3) is 5.69 Å². The van der Waals surface area contributed by atoms with E-state index in [1.54, 1.807) is 19.1 Å². The maximum Gasteiger partial charge on any atom is 0.282 e. The third-order valence-corrected chi connectivity index (χ3v) is 2.16. The molecule has 0 atom stereocenters. The number of hydrogen-bond acceptors (Lipinski definition) is 3. The van der Waals surface area contributed by atoms with E-state index in [1.807, 2.05) is 0 Å². The van der Waals surface area contributed by atoms with Gasteiger partial charge in [0.2, 0.25) is 0 Å². The number of nitrogens with zero attached hydrogens (tertiary/aromatic N) is 1. The van der Waals surface area contributed by atoms with Crippen LogP contribution in [0.5, 0.6) is 0 Å². The first-order valence-electron chi connectivity index (χ1n) is 4.36. The Morgan fingerprint density at radius 2 is 2.13 bits per heavy atom. The van der Waals surface area contributed by atoms with E-state index in [4.69, 9.17) is 0 Å². The van der Waals surface area contributed by atoms with Crippen LogP contribution in [0.3, 0.4) is 0 Å². The van der Waals surface area contributed by atoms with Crippen molar-refractivity contribution in [3.05, 3.63) is 50.3 Å². The minimum Gasteiger partial charge on any atom is -0.358 e. The summed E-state index contributed by atoms with van der Waals surface area (Å²) in [6.07, 6.45) is 0. The van der Waals surface area contributed by atoms with Crippen molar-refractivity contribution in [1.82, 2.24) is 4.98 Å². The van der Waals surface area contributed by atoms with E-state index in [0.717, 1.165) is 0 Å². The fourth-order valence-corrected chi connectivity index (χ4v) is 1.57. The molecule has 0 bridgehead atoms. The molecule has 15 heavy (non-hydrogen) atoms. The third-order valence-electron chi connectivity index (χ3n) is 2.16. The first kappa shape index (κ1) is 9.39. The van der Waals surface area contributed by atoms with Gasteiger partial charge in [-0.3, -0.25) is 14.9 Å². The molecule has 0 saturated carbocycles. The molecule has 1 N–H and O–H groups in total. The van der Waals surface area contributed by atoms with Gasteiger partial charge in [-0.1, -0.05) is 6.07 Å². The smallest absolute Gasteiger partial charge is 0.282 e. The fourth-order valence-electron chi connectivity index (χ4n) is 1.57. The molecule has 5 heteroatoms.